The summed E-state index contributed by atoms with van der Waals surface area (Å²) in [6, 6.07) is 15.8. The Kier molecular flexibility index (Phi) is 4.56. The minimum Gasteiger partial charge on any atom is -0.508 e. The molecule has 1 aliphatic rings. The highest BCUT2D eigenvalue weighted by Gasteiger charge is 2.23. The number of halogens is 1. The molecule has 0 radical (unpaired) electrons. The lowest BCUT2D eigenvalue weighted by molar-refractivity contribution is 0.512. The first-order chi connectivity index (χ1) is 12.6. The first kappa shape index (κ1) is 16.9. The van der Waals surface area contributed by atoms with Gasteiger partial charge >= 0.3 is 0 Å². The fourth-order valence-corrected chi connectivity index (χ4v) is 3.91. The zero-order valence-electron chi connectivity index (χ0n) is 14.6. The van der Waals surface area contributed by atoms with Crippen LogP contribution in [0.1, 0.15) is 24.8 Å². The monoisotopic (exact) mass is 364 g/mol. The van der Waals surface area contributed by atoms with Gasteiger partial charge in [-0.25, -0.2) is 4.98 Å². The van der Waals surface area contributed by atoms with Crippen LogP contribution in [0.25, 0.3) is 27.8 Å². The van der Waals surface area contributed by atoms with Gasteiger partial charge in [-0.3, -0.25) is 0 Å². The Labute approximate surface area is 158 Å². The molecule has 0 unspecified atom stereocenters. The first-order valence-corrected chi connectivity index (χ1v) is 9.35. The molecular formula is C22H21ClN2O. The number of rotatable bonds is 3. The van der Waals surface area contributed by atoms with E-state index in [1.165, 1.54) is 6.42 Å². The molecule has 1 saturated heterocycles. The molecule has 1 fully saturated rings. The highest BCUT2D eigenvalue weighted by molar-refractivity contribution is 6.31. The second-order valence-corrected chi connectivity index (χ2v) is 7.14. The number of fused-ring (bicyclic) bond motifs is 1. The first-order valence-electron chi connectivity index (χ1n) is 8.97. The summed E-state index contributed by atoms with van der Waals surface area (Å²) < 4.78 is 0. The van der Waals surface area contributed by atoms with E-state index < -0.39 is 0 Å². The number of benzene rings is 2. The van der Waals surface area contributed by atoms with Gasteiger partial charge in [0.2, 0.25) is 0 Å². The second kappa shape index (κ2) is 7.00. The summed E-state index contributed by atoms with van der Waals surface area (Å²) in [5, 5.41) is 12.1. The fraction of sp³-hybridized carbons (Fsp3) is 0.227. The highest BCUT2D eigenvalue weighted by atomic mass is 35.5. The van der Waals surface area contributed by atoms with E-state index in [0.29, 0.717) is 10.6 Å². The average Bonchev–Trinajstić information content (AvgIpc) is 2.67. The van der Waals surface area contributed by atoms with Crippen molar-refractivity contribution in [2.75, 3.05) is 18.0 Å². The zero-order valence-corrected chi connectivity index (χ0v) is 15.3. The van der Waals surface area contributed by atoms with E-state index in [4.69, 9.17) is 16.6 Å². The molecule has 1 N–H and O–H groups in total. The van der Waals surface area contributed by atoms with Gasteiger partial charge in [0, 0.05) is 29.1 Å². The molecule has 3 aromatic rings. The molecule has 0 aliphatic carbocycles. The van der Waals surface area contributed by atoms with Crippen LogP contribution in [0.3, 0.4) is 0 Å². The summed E-state index contributed by atoms with van der Waals surface area (Å²) in [4.78, 5) is 7.16. The number of hydrogen-bond acceptors (Lipinski definition) is 3. The van der Waals surface area contributed by atoms with E-state index in [1.807, 2.05) is 48.5 Å². The van der Waals surface area contributed by atoms with E-state index in [2.05, 4.69) is 11.5 Å². The molecule has 3 nitrogen and oxygen atoms in total. The van der Waals surface area contributed by atoms with Gasteiger partial charge in [0.1, 0.15) is 11.6 Å². The molecule has 0 bridgehead atoms. The maximum atomic E-state index is 10.5. The van der Waals surface area contributed by atoms with E-state index in [9.17, 15) is 5.11 Å². The molecule has 1 aliphatic heterocycles. The Balaban J connectivity index is 2.07. The maximum absolute atomic E-state index is 10.5. The lowest BCUT2D eigenvalue weighted by Gasteiger charge is -2.30. The largest absolute Gasteiger partial charge is 0.508 e. The molecular weight excluding hydrogens is 344 g/mol. The van der Waals surface area contributed by atoms with Crippen LogP contribution < -0.4 is 4.90 Å². The van der Waals surface area contributed by atoms with Crippen molar-refractivity contribution in [3.05, 3.63) is 65.7 Å². The maximum Gasteiger partial charge on any atom is 0.140 e. The van der Waals surface area contributed by atoms with Crippen molar-refractivity contribution in [2.24, 2.45) is 0 Å². The van der Waals surface area contributed by atoms with Crippen molar-refractivity contribution < 1.29 is 5.11 Å². The van der Waals surface area contributed by atoms with Gasteiger partial charge in [-0.2, -0.15) is 0 Å². The number of hydrogen-bond donors (Lipinski definition) is 1. The molecule has 4 rings (SSSR count). The standard InChI is InChI=1S/C22H21ClN2O/c1-15(26)20-21(16-8-4-2-5-9-16)18-14-17(23)10-11-19(18)24-22(20)25-12-6-3-7-13-25/h2,4-5,8-11,14,26H,1,3,6-7,12-13H2. The fourth-order valence-electron chi connectivity index (χ4n) is 3.74. The molecule has 2 heterocycles. The minimum absolute atomic E-state index is 0.0406. The molecule has 0 saturated carbocycles. The van der Waals surface area contributed by atoms with Gasteiger partial charge in [-0.1, -0.05) is 48.5 Å². The van der Waals surface area contributed by atoms with Crippen LogP contribution in [-0.4, -0.2) is 23.2 Å². The SMILES string of the molecule is C=C(O)c1c(N2CCCCC2)nc2ccc(Cl)cc2c1-c1ccccc1. The number of aliphatic hydroxyl groups is 1. The number of piperidine rings is 1. The van der Waals surface area contributed by atoms with Gasteiger partial charge in [0.25, 0.3) is 0 Å². The predicted octanol–water partition coefficient (Wildman–Crippen LogP) is 6.07. The number of aliphatic hydroxyl groups excluding tert-OH is 1. The van der Waals surface area contributed by atoms with Crippen molar-refractivity contribution in [3.63, 3.8) is 0 Å². The van der Waals surface area contributed by atoms with Gasteiger partial charge < -0.3 is 10.0 Å². The summed E-state index contributed by atoms with van der Waals surface area (Å²) in [6.45, 7) is 5.74. The lowest BCUT2D eigenvalue weighted by Crippen LogP contribution is -2.31. The topological polar surface area (TPSA) is 36.4 Å². The Hall–Kier alpha value is -2.52. The Morgan fingerprint density at radius 2 is 1.77 bits per heavy atom. The third-order valence-corrected chi connectivity index (χ3v) is 5.17. The highest BCUT2D eigenvalue weighted by Crippen LogP contribution is 2.40. The van der Waals surface area contributed by atoms with Crippen molar-refractivity contribution in [1.29, 1.82) is 0 Å². The van der Waals surface area contributed by atoms with Crippen LogP contribution in [0.2, 0.25) is 5.02 Å². The number of pyridine rings is 1. The van der Waals surface area contributed by atoms with Gasteiger partial charge in [-0.05, 0) is 43.0 Å². The van der Waals surface area contributed by atoms with Crippen LogP contribution >= 0.6 is 11.6 Å². The summed E-state index contributed by atoms with van der Waals surface area (Å²) in [5.41, 5.74) is 3.53. The average molecular weight is 365 g/mol. The van der Waals surface area contributed by atoms with E-state index in [-0.39, 0.29) is 5.76 Å². The quantitative estimate of drug-likeness (QED) is 0.572. The Bertz CT molecular complexity index is 963. The molecule has 0 amide bonds. The van der Waals surface area contributed by atoms with Crippen LogP contribution in [-0.2, 0) is 0 Å². The van der Waals surface area contributed by atoms with Crippen molar-refractivity contribution in [2.45, 2.75) is 19.3 Å². The van der Waals surface area contributed by atoms with Crippen LogP contribution in [0.15, 0.2) is 55.1 Å². The molecule has 0 spiro atoms. The lowest BCUT2D eigenvalue weighted by atomic mass is 9.94. The second-order valence-electron chi connectivity index (χ2n) is 6.71. The minimum atomic E-state index is 0.0406. The smallest absolute Gasteiger partial charge is 0.140 e. The molecule has 132 valence electrons. The normalized spacial score (nSPS) is 14.6. The van der Waals surface area contributed by atoms with E-state index >= 15 is 0 Å². The molecule has 2 aromatic carbocycles. The van der Waals surface area contributed by atoms with E-state index in [0.717, 1.165) is 53.8 Å². The van der Waals surface area contributed by atoms with Gasteiger partial charge in [0.15, 0.2) is 0 Å². The number of anilines is 1. The number of nitrogens with zero attached hydrogens (tertiary/aromatic N) is 2. The molecule has 1 aromatic heterocycles. The summed E-state index contributed by atoms with van der Waals surface area (Å²) in [5.74, 6) is 0.852. The third-order valence-electron chi connectivity index (χ3n) is 4.93. The summed E-state index contributed by atoms with van der Waals surface area (Å²) in [6.07, 6.45) is 3.51. The zero-order chi connectivity index (χ0) is 18.1. The molecule has 4 heteroatoms. The van der Waals surface area contributed by atoms with Gasteiger partial charge in [-0.15, -0.1) is 0 Å². The van der Waals surface area contributed by atoms with Crippen molar-refractivity contribution >= 4 is 34.1 Å². The summed E-state index contributed by atoms with van der Waals surface area (Å²) >= 11 is 6.28. The van der Waals surface area contributed by atoms with Crippen molar-refractivity contribution in [1.82, 2.24) is 4.98 Å². The van der Waals surface area contributed by atoms with Crippen LogP contribution in [0, 0.1) is 0 Å². The Morgan fingerprint density at radius 3 is 2.46 bits per heavy atom. The summed E-state index contributed by atoms with van der Waals surface area (Å²) in [7, 11) is 0. The van der Waals surface area contributed by atoms with Crippen molar-refractivity contribution in [3.8, 4) is 11.1 Å². The number of aromatic nitrogens is 1. The van der Waals surface area contributed by atoms with Crippen LogP contribution in [0.5, 0.6) is 0 Å². The third kappa shape index (κ3) is 3.04. The van der Waals surface area contributed by atoms with Crippen LogP contribution in [0.4, 0.5) is 5.82 Å². The predicted molar refractivity (Wildman–Crippen MR) is 110 cm³/mol. The molecule has 0 atom stereocenters. The van der Waals surface area contributed by atoms with E-state index in [1.54, 1.807) is 0 Å². The Morgan fingerprint density at radius 1 is 1.04 bits per heavy atom. The molecule has 26 heavy (non-hydrogen) atoms. The van der Waals surface area contributed by atoms with Gasteiger partial charge in [0.05, 0.1) is 11.1 Å².